The maximum Gasteiger partial charge on any atom is 0.224 e. The van der Waals surface area contributed by atoms with Crippen LogP contribution in [0.1, 0.15) is 48.8 Å². The molecule has 0 radical (unpaired) electrons. The Balaban J connectivity index is 1.12. The number of anilines is 1. The average molecular weight is 539 g/mol. The van der Waals surface area contributed by atoms with Gasteiger partial charge in [-0.2, -0.15) is 0 Å². The fraction of sp³-hybridized carbons (Fsp3) is 0.387. The Morgan fingerprint density at radius 3 is 2.58 bits per heavy atom. The van der Waals surface area contributed by atoms with Gasteiger partial charge in [-0.25, -0.2) is 9.97 Å². The van der Waals surface area contributed by atoms with Gasteiger partial charge in [-0.3, -0.25) is 9.80 Å². The van der Waals surface area contributed by atoms with Crippen LogP contribution in [0.3, 0.4) is 0 Å². The lowest BCUT2D eigenvalue weighted by Gasteiger charge is -2.24. The molecule has 6 rings (SSSR count). The summed E-state index contributed by atoms with van der Waals surface area (Å²) in [4.78, 5) is 24.5. The molecule has 2 heterocycles. The quantitative estimate of drug-likeness (QED) is 0.424. The molecule has 0 fully saturated rings. The Morgan fingerprint density at radius 1 is 1.10 bits per heavy atom. The predicted molar refractivity (Wildman–Crippen MR) is 157 cm³/mol. The van der Waals surface area contributed by atoms with Crippen LogP contribution in [0.5, 0.6) is 0 Å². The maximum absolute atomic E-state index is 13.1. The summed E-state index contributed by atoms with van der Waals surface area (Å²) in [6.07, 6.45) is 16.1. The second kappa shape index (κ2) is 11.2. The van der Waals surface area contributed by atoms with E-state index in [1.54, 1.807) is 0 Å². The summed E-state index contributed by atoms with van der Waals surface area (Å²) in [6.45, 7) is 0. The van der Waals surface area contributed by atoms with Crippen LogP contribution in [0, 0.1) is 5.92 Å². The molecule has 3 aliphatic carbocycles. The number of aromatic nitrogens is 2. The number of nitrogens with one attached hydrogen (secondary N) is 4. The van der Waals surface area contributed by atoms with Crippen LogP contribution in [0.25, 0.3) is 5.57 Å². The van der Waals surface area contributed by atoms with E-state index >= 15 is 0 Å². The van der Waals surface area contributed by atoms with Crippen LogP contribution in [0.15, 0.2) is 77.7 Å². The Hall–Kier alpha value is -4.11. The van der Waals surface area contributed by atoms with E-state index < -0.39 is 0 Å². The summed E-state index contributed by atoms with van der Waals surface area (Å²) in [5.74, 6) is 1.02. The Kier molecular flexibility index (Phi) is 7.30. The van der Waals surface area contributed by atoms with Crippen molar-refractivity contribution in [3.8, 4) is 0 Å². The molecule has 1 aromatic heterocycles. The highest BCUT2D eigenvalue weighted by Crippen LogP contribution is 2.33. The van der Waals surface area contributed by atoms with Crippen molar-refractivity contribution in [2.24, 2.45) is 5.92 Å². The van der Waals surface area contributed by atoms with Crippen LogP contribution < -0.4 is 21.6 Å². The van der Waals surface area contributed by atoms with Crippen molar-refractivity contribution < 1.29 is 4.79 Å². The minimum absolute atomic E-state index is 0.0547. The minimum atomic E-state index is 0.0547. The third-order valence-corrected chi connectivity index (χ3v) is 8.28. The molecule has 9 nitrogen and oxygen atoms in total. The third kappa shape index (κ3) is 5.74. The first-order chi connectivity index (χ1) is 19.4. The van der Waals surface area contributed by atoms with Crippen molar-refractivity contribution in [3.05, 3.63) is 94.4 Å². The largest absolute Gasteiger partial charge is 0.381 e. The van der Waals surface area contributed by atoms with Gasteiger partial charge >= 0.3 is 0 Å². The van der Waals surface area contributed by atoms with Crippen LogP contribution >= 0.6 is 0 Å². The monoisotopic (exact) mass is 538 g/mol. The first kappa shape index (κ1) is 26.1. The number of hydrogen-bond donors (Lipinski definition) is 4. The van der Waals surface area contributed by atoms with E-state index in [9.17, 15) is 4.79 Å². The fourth-order valence-electron chi connectivity index (χ4n) is 6.01. The van der Waals surface area contributed by atoms with Crippen LogP contribution in [0.4, 0.5) is 5.95 Å². The van der Waals surface area contributed by atoms with Gasteiger partial charge in [0, 0.05) is 75.1 Å². The van der Waals surface area contributed by atoms with Crippen molar-refractivity contribution in [1.82, 2.24) is 36.2 Å². The lowest BCUT2D eigenvalue weighted by Crippen LogP contribution is -2.34. The first-order valence-electron chi connectivity index (χ1n) is 14.1. The summed E-state index contributed by atoms with van der Waals surface area (Å²) < 4.78 is 0. The lowest BCUT2D eigenvalue weighted by molar-refractivity contribution is -0.121. The van der Waals surface area contributed by atoms with Gasteiger partial charge in [-0.15, -0.1) is 5.53 Å². The Morgan fingerprint density at radius 2 is 1.85 bits per heavy atom. The second-order valence-electron chi connectivity index (χ2n) is 11.4. The van der Waals surface area contributed by atoms with Crippen molar-refractivity contribution in [2.45, 2.75) is 51.0 Å². The molecular weight excluding hydrogens is 500 g/mol. The van der Waals surface area contributed by atoms with Crippen LogP contribution in [-0.2, 0) is 17.6 Å². The molecule has 1 aromatic carbocycles. The third-order valence-electron chi connectivity index (χ3n) is 8.28. The van der Waals surface area contributed by atoms with E-state index in [4.69, 9.17) is 0 Å². The Labute approximate surface area is 236 Å². The average Bonchev–Trinajstić information content (AvgIpc) is 3.45. The number of hydrogen-bond acceptors (Lipinski definition) is 8. The first-order valence-corrected chi connectivity index (χ1v) is 14.1. The number of carbonyl (C=O) groups excluding carboxylic acids is 1. The van der Waals surface area contributed by atoms with Gasteiger partial charge in [-0.05, 0) is 66.9 Å². The summed E-state index contributed by atoms with van der Waals surface area (Å²) >= 11 is 0. The fourth-order valence-corrected chi connectivity index (χ4v) is 6.01. The molecule has 0 unspecified atom stereocenters. The van der Waals surface area contributed by atoms with E-state index in [1.807, 2.05) is 44.6 Å². The number of allylic oxidation sites excluding steroid dienone is 6. The summed E-state index contributed by atoms with van der Waals surface area (Å²) in [7, 11) is 6.09. The summed E-state index contributed by atoms with van der Waals surface area (Å²) in [6, 6.07) is 8.90. The maximum atomic E-state index is 13.1. The van der Waals surface area contributed by atoms with E-state index in [-0.39, 0.29) is 5.91 Å². The molecule has 4 aliphatic rings. The number of benzene rings is 1. The molecule has 1 aliphatic heterocycles. The van der Waals surface area contributed by atoms with E-state index in [0.717, 1.165) is 61.1 Å². The zero-order valence-corrected chi connectivity index (χ0v) is 23.5. The van der Waals surface area contributed by atoms with Crippen molar-refractivity contribution in [3.63, 3.8) is 0 Å². The molecule has 0 saturated heterocycles. The number of hydrazine groups is 2. The molecule has 1 amide bonds. The molecule has 208 valence electrons. The number of amides is 1. The van der Waals surface area contributed by atoms with Gasteiger partial charge in [0.05, 0.1) is 5.70 Å². The number of rotatable bonds is 7. The van der Waals surface area contributed by atoms with Crippen molar-refractivity contribution >= 4 is 17.4 Å². The molecule has 0 saturated carbocycles. The van der Waals surface area contributed by atoms with Crippen molar-refractivity contribution in [1.29, 1.82) is 0 Å². The zero-order chi connectivity index (χ0) is 27.6. The summed E-state index contributed by atoms with van der Waals surface area (Å²) in [5, 5.41) is 8.70. The number of carbonyl (C=O) groups is 1. The van der Waals surface area contributed by atoms with Crippen LogP contribution in [0.2, 0.25) is 0 Å². The molecular formula is C31H38N8O. The predicted octanol–water partition coefficient (Wildman–Crippen LogP) is 3.65. The highest BCUT2D eigenvalue weighted by Gasteiger charge is 2.29. The van der Waals surface area contributed by atoms with Gasteiger partial charge in [0.1, 0.15) is 0 Å². The highest BCUT2D eigenvalue weighted by molar-refractivity contribution is 5.82. The molecule has 2 aromatic rings. The molecule has 0 spiro atoms. The van der Waals surface area contributed by atoms with E-state index in [2.05, 4.69) is 72.9 Å². The molecule has 0 bridgehead atoms. The summed E-state index contributed by atoms with van der Waals surface area (Å²) in [5.41, 5.74) is 15.5. The molecule has 9 heteroatoms. The molecule has 40 heavy (non-hydrogen) atoms. The van der Waals surface area contributed by atoms with Crippen LogP contribution in [-0.4, -0.2) is 53.0 Å². The standard InChI is InChI=1S/C31H38N8O/c1-38(2)27-10-9-25(34-30(40)13-20-8-11-28-29(12-20)39(3)37-36-28)16-23(17-27)24-18-32-31(33-19-24)35-26-14-21-6-4-5-7-22(21)15-26/h4-7,9,16-20,26,36-37H,8,10-15H2,1-3H3,(H,34,40)(H,32,33,35)/t20-/m0/s1. The second-order valence-corrected chi connectivity index (χ2v) is 11.4. The highest BCUT2D eigenvalue weighted by atomic mass is 16.1. The minimum Gasteiger partial charge on any atom is -0.381 e. The SMILES string of the molecule is CN(C)C1=CC(c2cnc(NC3Cc4ccccc4C3)nc2)=CC(NC(=O)C[C@H]2CCC3=C(C2)N(C)NN3)=CC1. The molecule has 4 N–H and O–H groups in total. The van der Waals surface area contributed by atoms with Gasteiger partial charge in [0.25, 0.3) is 0 Å². The van der Waals surface area contributed by atoms with Gasteiger partial charge in [0.15, 0.2) is 0 Å². The number of nitrogens with zero attached hydrogens (tertiary/aromatic N) is 4. The van der Waals surface area contributed by atoms with Gasteiger partial charge in [0.2, 0.25) is 11.9 Å². The number of fused-ring (bicyclic) bond motifs is 1. The van der Waals surface area contributed by atoms with Crippen molar-refractivity contribution in [2.75, 3.05) is 26.5 Å². The van der Waals surface area contributed by atoms with Gasteiger partial charge in [-0.1, -0.05) is 30.3 Å². The molecule has 1 atom stereocenters. The normalized spacial score (nSPS) is 20.5. The zero-order valence-electron chi connectivity index (χ0n) is 23.5. The topological polar surface area (TPSA) is 97.5 Å². The van der Waals surface area contributed by atoms with E-state index in [1.165, 1.54) is 22.5 Å². The smallest absolute Gasteiger partial charge is 0.224 e. The Bertz CT molecular complexity index is 1380. The van der Waals surface area contributed by atoms with E-state index in [0.29, 0.717) is 24.3 Å². The van der Waals surface area contributed by atoms with Gasteiger partial charge < -0.3 is 21.0 Å². The lowest BCUT2D eigenvalue weighted by atomic mass is 9.87.